The van der Waals surface area contributed by atoms with E-state index in [1.807, 2.05) is 25.1 Å². The molecule has 1 atom stereocenters. The Kier molecular flexibility index (Phi) is 5.76. The molecule has 6 heteroatoms. The average Bonchev–Trinajstić information content (AvgIpc) is 2.97. The lowest BCUT2D eigenvalue weighted by atomic mass is 10.1. The molecule has 0 radical (unpaired) electrons. The van der Waals surface area contributed by atoms with E-state index in [0.717, 1.165) is 23.4 Å². The number of carbonyl (C=O) groups excluding carboxylic acids is 1. The first-order chi connectivity index (χ1) is 13.0. The van der Waals surface area contributed by atoms with E-state index in [1.165, 1.54) is 6.07 Å². The Hall–Kier alpha value is -2.86. The van der Waals surface area contributed by atoms with Crippen molar-refractivity contribution in [1.82, 2.24) is 0 Å². The van der Waals surface area contributed by atoms with E-state index in [1.54, 1.807) is 25.4 Å². The molecule has 142 valence electrons. The van der Waals surface area contributed by atoms with Crippen molar-refractivity contribution < 1.29 is 13.9 Å². The number of nitrogens with one attached hydrogen (secondary N) is 3. The number of ether oxygens (including phenoxy) is 1. The van der Waals surface area contributed by atoms with Crippen molar-refractivity contribution in [3.63, 3.8) is 0 Å². The van der Waals surface area contributed by atoms with Gasteiger partial charge in [0.05, 0.1) is 17.9 Å². The SMILES string of the molecule is CCC(COC)Nc1ccc(NC=C2C(=O)Nc3cccc(F)c32)cc1C. The lowest BCUT2D eigenvalue weighted by Gasteiger charge is -2.19. The summed E-state index contributed by atoms with van der Waals surface area (Å²) < 4.78 is 19.3. The summed E-state index contributed by atoms with van der Waals surface area (Å²) in [4.78, 5) is 12.1. The first-order valence-corrected chi connectivity index (χ1v) is 8.96. The molecule has 2 aromatic carbocycles. The van der Waals surface area contributed by atoms with Crippen LogP contribution in [0.4, 0.5) is 21.5 Å². The van der Waals surface area contributed by atoms with E-state index in [0.29, 0.717) is 17.9 Å². The molecule has 0 saturated heterocycles. The zero-order chi connectivity index (χ0) is 19.4. The zero-order valence-electron chi connectivity index (χ0n) is 15.7. The second kappa shape index (κ2) is 8.22. The van der Waals surface area contributed by atoms with Crippen LogP contribution in [0.5, 0.6) is 0 Å². The van der Waals surface area contributed by atoms with Crippen molar-refractivity contribution in [2.24, 2.45) is 0 Å². The van der Waals surface area contributed by atoms with Crippen LogP contribution < -0.4 is 16.0 Å². The summed E-state index contributed by atoms with van der Waals surface area (Å²) in [5.41, 5.74) is 4.00. The number of amides is 1. The molecule has 3 N–H and O–H groups in total. The number of rotatable bonds is 7. The molecule has 5 nitrogen and oxygen atoms in total. The van der Waals surface area contributed by atoms with Gasteiger partial charge < -0.3 is 20.7 Å². The minimum absolute atomic E-state index is 0.247. The monoisotopic (exact) mass is 369 g/mol. The van der Waals surface area contributed by atoms with Gasteiger partial charge in [0.15, 0.2) is 0 Å². The summed E-state index contributed by atoms with van der Waals surface area (Å²) >= 11 is 0. The van der Waals surface area contributed by atoms with E-state index >= 15 is 0 Å². The molecule has 0 aliphatic carbocycles. The summed E-state index contributed by atoms with van der Waals surface area (Å²) in [5.74, 6) is -0.735. The van der Waals surface area contributed by atoms with Crippen LogP contribution in [0.1, 0.15) is 24.5 Å². The Morgan fingerprint density at radius 1 is 1.30 bits per heavy atom. The number of fused-ring (bicyclic) bond motifs is 1. The van der Waals surface area contributed by atoms with Gasteiger partial charge in [-0.1, -0.05) is 13.0 Å². The third kappa shape index (κ3) is 4.11. The smallest absolute Gasteiger partial charge is 0.257 e. The molecular weight excluding hydrogens is 345 g/mol. The fourth-order valence-corrected chi connectivity index (χ4v) is 3.10. The molecule has 1 aliphatic rings. The van der Waals surface area contributed by atoms with Gasteiger partial charge in [-0.2, -0.15) is 0 Å². The van der Waals surface area contributed by atoms with Gasteiger partial charge in [0, 0.05) is 36.3 Å². The molecule has 0 fully saturated rings. The second-order valence-electron chi connectivity index (χ2n) is 6.55. The largest absolute Gasteiger partial charge is 0.383 e. The van der Waals surface area contributed by atoms with Crippen molar-refractivity contribution in [3.8, 4) is 0 Å². The highest BCUT2D eigenvalue weighted by Crippen LogP contribution is 2.33. The van der Waals surface area contributed by atoms with Gasteiger partial charge in [-0.15, -0.1) is 0 Å². The Morgan fingerprint density at radius 2 is 2.11 bits per heavy atom. The van der Waals surface area contributed by atoms with Gasteiger partial charge in [0.2, 0.25) is 0 Å². The fraction of sp³-hybridized carbons (Fsp3) is 0.286. The Morgan fingerprint density at radius 3 is 2.81 bits per heavy atom. The quantitative estimate of drug-likeness (QED) is 0.634. The molecule has 0 spiro atoms. The van der Waals surface area contributed by atoms with Gasteiger partial charge in [-0.3, -0.25) is 4.79 Å². The van der Waals surface area contributed by atoms with E-state index in [4.69, 9.17) is 4.74 Å². The van der Waals surface area contributed by atoms with Crippen molar-refractivity contribution in [3.05, 3.63) is 59.5 Å². The van der Waals surface area contributed by atoms with Crippen molar-refractivity contribution in [1.29, 1.82) is 0 Å². The summed E-state index contributed by atoms with van der Waals surface area (Å²) in [6.07, 6.45) is 2.51. The maximum absolute atomic E-state index is 14.1. The maximum atomic E-state index is 14.1. The summed E-state index contributed by atoms with van der Waals surface area (Å²) in [6, 6.07) is 10.7. The van der Waals surface area contributed by atoms with Gasteiger partial charge in [0.25, 0.3) is 5.91 Å². The number of hydrogen-bond donors (Lipinski definition) is 3. The molecule has 0 bridgehead atoms. The first kappa shape index (κ1) is 18.9. The van der Waals surface area contributed by atoms with Crippen LogP contribution in [0.25, 0.3) is 5.57 Å². The summed E-state index contributed by atoms with van der Waals surface area (Å²) in [6.45, 7) is 4.76. The molecule has 1 amide bonds. The van der Waals surface area contributed by atoms with E-state index in [2.05, 4.69) is 22.9 Å². The Balaban J connectivity index is 1.77. The number of carbonyl (C=O) groups is 1. The molecule has 2 aromatic rings. The molecule has 0 aromatic heterocycles. The van der Waals surface area contributed by atoms with Crippen molar-refractivity contribution in [2.75, 3.05) is 29.7 Å². The van der Waals surface area contributed by atoms with Crippen LogP contribution in [0.3, 0.4) is 0 Å². The number of anilines is 3. The maximum Gasteiger partial charge on any atom is 0.257 e. The molecule has 1 heterocycles. The van der Waals surface area contributed by atoms with Gasteiger partial charge >= 0.3 is 0 Å². The molecule has 3 rings (SSSR count). The minimum atomic E-state index is -0.418. The van der Waals surface area contributed by atoms with Crippen LogP contribution in [-0.4, -0.2) is 25.7 Å². The highest BCUT2D eigenvalue weighted by Gasteiger charge is 2.27. The first-order valence-electron chi connectivity index (χ1n) is 8.96. The number of hydrogen-bond acceptors (Lipinski definition) is 4. The Bertz CT molecular complexity index is 880. The van der Waals surface area contributed by atoms with Crippen LogP contribution in [0, 0.1) is 12.7 Å². The van der Waals surface area contributed by atoms with E-state index in [-0.39, 0.29) is 17.5 Å². The highest BCUT2D eigenvalue weighted by molar-refractivity contribution is 6.31. The lowest BCUT2D eigenvalue weighted by Crippen LogP contribution is -2.24. The number of benzene rings is 2. The number of halogens is 1. The standard InChI is InChI=1S/C21H24FN3O2/c1-4-14(12-27-3)24-18-9-8-15(10-13(18)2)23-11-16-20-17(22)6-5-7-19(20)25-21(16)26/h5-11,14,23-24H,4,12H2,1-3H3,(H,25,26). The summed E-state index contributed by atoms with van der Waals surface area (Å²) in [7, 11) is 1.69. The zero-order valence-corrected chi connectivity index (χ0v) is 15.7. The third-order valence-corrected chi connectivity index (χ3v) is 4.61. The van der Waals surface area contributed by atoms with Crippen LogP contribution in [0.2, 0.25) is 0 Å². The second-order valence-corrected chi connectivity index (χ2v) is 6.55. The average molecular weight is 369 g/mol. The normalized spacial score (nSPS) is 15.4. The van der Waals surface area contributed by atoms with Gasteiger partial charge in [-0.05, 0) is 49.2 Å². The van der Waals surface area contributed by atoms with Crippen molar-refractivity contribution in [2.45, 2.75) is 26.3 Å². The molecule has 27 heavy (non-hydrogen) atoms. The molecule has 0 saturated carbocycles. The third-order valence-electron chi connectivity index (χ3n) is 4.61. The lowest BCUT2D eigenvalue weighted by molar-refractivity contribution is -0.110. The predicted octanol–water partition coefficient (Wildman–Crippen LogP) is 4.38. The number of methoxy groups -OCH3 is 1. The Labute approximate surface area is 158 Å². The van der Waals surface area contributed by atoms with Gasteiger partial charge in [0.1, 0.15) is 5.82 Å². The van der Waals surface area contributed by atoms with Crippen molar-refractivity contribution >= 4 is 28.5 Å². The van der Waals surface area contributed by atoms with Crippen LogP contribution in [0.15, 0.2) is 42.6 Å². The highest BCUT2D eigenvalue weighted by atomic mass is 19.1. The predicted molar refractivity (Wildman–Crippen MR) is 107 cm³/mol. The van der Waals surface area contributed by atoms with E-state index in [9.17, 15) is 9.18 Å². The number of aryl methyl sites for hydroxylation is 1. The van der Waals surface area contributed by atoms with Gasteiger partial charge in [-0.25, -0.2) is 4.39 Å². The molecule has 1 unspecified atom stereocenters. The summed E-state index contributed by atoms with van der Waals surface area (Å²) in [5, 5.41) is 9.25. The van der Waals surface area contributed by atoms with E-state index < -0.39 is 5.82 Å². The topological polar surface area (TPSA) is 62.4 Å². The molecular formula is C21H24FN3O2. The minimum Gasteiger partial charge on any atom is -0.383 e. The van der Waals surface area contributed by atoms with Crippen LogP contribution >= 0.6 is 0 Å². The molecule has 1 aliphatic heterocycles. The van der Waals surface area contributed by atoms with Crippen LogP contribution in [-0.2, 0) is 9.53 Å². The fourth-order valence-electron chi connectivity index (χ4n) is 3.10.